The van der Waals surface area contributed by atoms with Gasteiger partial charge in [-0.2, -0.15) is 0 Å². The van der Waals surface area contributed by atoms with Crippen molar-refractivity contribution in [2.45, 2.75) is 33.7 Å². The van der Waals surface area contributed by atoms with E-state index >= 15 is 0 Å². The van der Waals surface area contributed by atoms with Gasteiger partial charge in [-0.3, -0.25) is 24.6 Å². The van der Waals surface area contributed by atoms with Crippen molar-refractivity contribution in [3.05, 3.63) is 62.2 Å². The quantitative estimate of drug-likeness (QED) is 0.506. The third kappa shape index (κ3) is 5.77. The van der Waals surface area contributed by atoms with E-state index in [2.05, 4.69) is 10.6 Å². The van der Waals surface area contributed by atoms with Crippen LogP contribution in [0.3, 0.4) is 0 Å². The van der Waals surface area contributed by atoms with Crippen molar-refractivity contribution in [3.8, 4) is 0 Å². The monoisotopic (exact) mass is 432 g/mol. The first-order valence-corrected chi connectivity index (χ1v) is 9.70. The topological polar surface area (TPSA) is 105 Å². The summed E-state index contributed by atoms with van der Waals surface area (Å²) in [6.45, 7) is 7.53. The number of halogens is 1. The van der Waals surface area contributed by atoms with Crippen LogP contribution in [-0.2, 0) is 9.59 Å². The number of non-ortho nitro benzene ring substituents is 1. The minimum atomic E-state index is -0.637. The zero-order valence-corrected chi connectivity index (χ0v) is 18.3. The third-order valence-electron chi connectivity index (χ3n) is 4.80. The zero-order chi connectivity index (χ0) is 22.6. The Morgan fingerprint density at radius 3 is 2.27 bits per heavy atom. The molecule has 160 valence electrons. The van der Waals surface area contributed by atoms with E-state index in [0.717, 1.165) is 22.4 Å². The van der Waals surface area contributed by atoms with E-state index in [0.29, 0.717) is 0 Å². The average molecular weight is 433 g/mol. The van der Waals surface area contributed by atoms with E-state index in [-0.39, 0.29) is 34.8 Å². The van der Waals surface area contributed by atoms with Gasteiger partial charge in [0.2, 0.25) is 11.8 Å². The van der Waals surface area contributed by atoms with Gasteiger partial charge in [0.1, 0.15) is 0 Å². The Morgan fingerprint density at radius 1 is 1.13 bits per heavy atom. The molecule has 0 aliphatic carbocycles. The van der Waals surface area contributed by atoms with E-state index in [4.69, 9.17) is 11.6 Å². The Hall–Kier alpha value is -2.97. The Labute approximate surface area is 180 Å². The minimum Gasteiger partial charge on any atom is -0.324 e. The molecule has 2 amide bonds. The van der Waals surface area contributed by atoms with Gasteiger partial charge in [-0.1, -0.05) is 29.3 Å². The number of rotatable bonds is 7. The molecular formula is C21H25ClN4O4. The standard InChI is InChI=1S/C21H25ClN4O4/c1-12-8-13(2)20(14(3)9-12)24-19(27)11-25(5)15(4)21(28)23-18-7-6-16(26(29)30)10-17(18)22/h6-10,15H,11H2,1-5H3,(H,23,28)(H,24,27). The van der Waals surface area contributed by atoms with Crippen LogP contribution >= 0.6 is 11.6 Å². The van der Waals surface area contributed by atoms with Crippen LogP contribution in [0, 0.1) is 30.9 Å². The van der Waals surface area contributed by atoms with Gasteiger partial charge < -0.3 is 10.6 Å². The summed E-state index contributed by atoms with van der Waals surface area (Å²) in [5.74, 6) is -0.621. The van der Waals surface area contributed by atoms with Crippen LogP contribution in [0.1, 0.15) is 23.6 Å². The van der Waals surface area contributed by atoms with E-state index in [1.807, 2.05) is 32.9 Å². The van der Waals surface area contributed by atoms with Gasteiger partial charge >= 0.3 is 0 Å². The lowest BCUT2D eigenvalue weighted by Crippen LogP contribution is -2.43. The van der Waals surface area contributed by atoms with Crippen molar-refractivity contribution in [3.63, 3.8) is 0 Å². The normalized spacial score (nSPS) is 11.8. The van der Waals surface area contributed by atoms with Gasteiger partial charge in [0.25, 0.3) is 5.69 Å². The smallest absolute Gasteiger partial charge is 0.271 e. The maximum Gasteiger partial charge on any atom is 0.271 e. The molecular weight excluding hydrogens is 408 g/mol. The average Bonchev–Trinajstić information content (AvgIpc) is 2.65. The number of hydrogen-bond acceptors (Lipinski definition) is 5. The summed E-state index contributed by atoms with van der Waals surface area (Å²) in [7, 11) is 1.66. The molecule has 0 bridgehead atoms. The summed E-state index contributed by atoms with van der Waals surface area (Å²) in [4.78, 5) is 36.8. The Bertz CT molecular complexity index is 970. The van der Waals surface area contributed by atoms with Crippen LogP contribution in [0.4, 0.5) is 17.1 Å². The highest BCUT2D eigenvalue weighted by Crippen LogP contribution is 2.27. The second kappa shape index (κ2) is 9.69. The maximum atomic E-state index is 12.5. The summed E-state index contributed by atoms with van der Waals surface area (Å²) in [5, 5.41) is 16.4. The van der Waals surface area contributed by atoms with Crippen molar-refractivity contribution in [2.75, 3.05) is 24.2 Å². The van der Waals surface area contributed by atoms with Crippen LogP contribution in [0.15, 0.2) is 30.3 Å². The number of hydrogen-bond donors (Lipinski definition) is 2. The predicted octanol–water partition coefficient (Wildman–Crippen LogP) is 4.07. The van der Waals surface area contributed by atoms with E-state index in [1.54, 1.807) is 18.9 Å². The summed E-state index contributed by atoms with van der Waals surface area (Å²) in [6, 6.07) is 7.16. The number of likely N-dealkylation sites (N-methyl/N-ethyl adjacent to an activating group) is 1. The van der Waals surface area contributed by atoms with Crippen molar-refractivity contribution >= 4 is 40.5 Å². The highest BCUT2D eigenvalue weighted by atomic mass is 35.5. The van der Waals surface area contributed by atoms with Crippen molar-refractivity contribution in [2.24, 2.45) is 0 Å². The molecule has 1 unspecified atom stereocenters. The first-order valence-electron chi connectivity index (χ1n) is 9.32. The molecule has 1 atom stereocenters. The van der Waals surface area contributed by atoms with Crippen molar-refractivity contribution in [1.29, 1.82) is 0 Å². The molecule has 0 aliphatic heterocycles. The van der Waals surface area contributed by atoms with Gasteiger partial charge in [-0.25, -0.2) is 0 Å². The molecule has 30 heavy (non-hydrogen) atoms. The number of aryl methyl sites for hydroxylation is 3. The Balaban J connectivity index is 2.00. The minimum absolute atomic E-state index is 0.00926. The van der Waals surface area contributed by atoms with Gasteiger partial charge in [0, 0.05) is 17.8 Å². The Kier molecular flexibility index (Phi) is 7.53. The van der Waals surface area contributed by atoms with Crippen molar-refractivity contribution < 1.29 is 14.5 Å². The SMILES string of the molecule is Cc1cc(C)c(NC(=O)CN(C)C(C)C(=O)Nc2ccc([N+](=O)[O-])cc2Cl)c(C)c1. The predicted molar refractivity (Wildman–Crippen MR) is 118 cm³/mol. The summed E-state index contributed by atoms with van der Waals surface area (Å²) in [5.41, 5.74) is 3.94. The van der Waals surface area contributed by atoms with Gasteiger partial charge in [0.05, 0.1) is 28.2 Å². The molecule has 9 heteroatoms. The highest BCUT2D eigenvalue weighted by molar-refractivity contribution is 6.34. The van der Waals surface area contributed by atoms with Crippen LogP contribution in [-0.4, -0.2) is 41.3 Å². The molecule has 0 aliphatic rings. The molecule has 2 rings (SSSR count). The van der Waals surface area contributed by atoms with E-state index in [9.17, 15) is 19.7 Å². The highest BCUT2D eigenvalue weighted by Gasteiger charge is 2.22. The van der Waals surface area contributed by atoms with Gasteiger partial charge in [0.15, 0.2) is 0 Å². The second-order valence-electron chi connectivity index (χ2n) is 7.32. The number of nitrogens with zero attached hydrogens (tertiary/aromatic N) is 2. The zero-order valence-electron chi connectivity index (χ0n) is 17.6. The first-order chi connectivity index (χ1) is 14.0. The molecule has 2 N–H and O–H groups in total. The lowest BCUT2D eigenvalue weighted by molar-refractivity contribution is -0.384. The lowest BCUT2D eigenvalue weighted by atomic mass is 10.1. The number of nitrogens with one attached hydrogen (secondary N) is 2. The molecule has 0 fully saturated rings. The van der Waals surface area contributed by atoms with Crippen LogP contribution in [0.5, 0.6) is 0 Å². The van der Waals surface area contributed by atoms with E-state index in [1.165, 1.54) is 18.2 Å². The van der Waals surface area contributed by atoms with Crippen LogP contribution < -0.4 is 10.6 Å². The molecule has 2 aromatic rings. The first kappa shape index (κ1) is 23.3. The summed E-state index contributed by atoms with van der Waals surface area (Å²) >= 11 is 6.02. The summed E-state index contributed by atoms with van der Waals surface area (Å²) in [6.07, 6.45) is 0. The molecule has 0 saturated carbocycles. The van der Waals surface area contributed by atoms with Crippen LogP contribution in [0.2, 0.25) is 5.02 Å². The molecule has 8 nitrogen and oxygen atoms in total. The number of benzene rings is 2. The van der Waals surface area contributed by atoms with Gasteiger partial charge in [-0.05, 0) is 51.9 Å². The number of anilines is 2. The molecule has 0 radical (unpaired) electrons. The summed E-state index contributed by atoms with van der Waals surface area (Å²) < 4.78 is 0. The maximum absolute atomic E-state index is 12.5. The molecule has 0 saturated heterocycles. The number of carbonyl (C=O) groups is 2. The fourth-order valence-corrected chi connectivity index (χ4v) is 3.30. The van der Waals surface area contributed by atoms with Crippen LogP contribution in [0.25, 0.3) is 0 Å². The molecule has 0 aromatic heterocycles. The van der Waals surface area contributed by atoms with Gasteiger partial charge in [-0.15, -0.1) is 0 Å². The lowest BCUT2D eigenvalue weighted by Gasteiger charge is -2.24. The largest absolute Gasteiger partial charge is 0.324 e. The fraction of sp³-hybridized carbons (Fsp3) is 0.333. The fourth-order valence-electron chi connectivity index (χ4n) is 3.08. The second-order valence-corrected chi connectivity index (χ2v) is 7.73. The van der Waals surface area contributed by atoms with Crippen molar-refractivity contribution in [1.82, 2.24) is 4.90 Å². The third-order valence-corrected chi connectivity index (χ3v) is 5.11. The number of nitro groups is 1. The number of amides is 2. The molecule has 0 spiro atoms. The van der Waals surface area contributed by atoms with E-state index < -0.39 is 11.0 Å². The molecule has 2 aromatic carbocycles. The Morgan fingerprint density at radius 2 is 1.73 bits per heavy atom. The number of nitro benzene ring substituents is 1. The molecule has 0 heterocycles. The number of carbonyl (C=O) groups excluding carboxylic acids is 2.